The molecule has 0 spiro atoms. The van der Waals surface area contributed by atoms with Gasteiger partial charge < -0.3 is 19.6 Å². The highest BCUT2D eigenvalue weighted by atomic mass is 19.3. The highest BCUT2D eigenvalue weighted by Gasteiger charge is 2.33. The van der Waals surface area contributed by atoms with Crippen LogP contribution in [0.15, 0.2) is 29.4 Å². The number of pyridine rings is 1. The Bertz CT molecular complexity index is 1090. The Kier molecular flexibility index (Phi) is 9.27. The van der Waals surface area contributed by atoms with E-state index >= 15 is 0 Å². The summed E-state index contributed by atoms with van der Waals surface area (Å²) in [5, 5.41) is 5.87. The van der Waals surface area contributed by atoms with Crippen molar-refractivity contribution in [1.29, 1.82) is 0 Å². The van der Waals surface area contributed by atoms with Gasteiger partial charge in [-0.2, -0.15) is 8.78 Å². The average molecular weight is 492 g/mol. The molecule has 0 aliphatic heterocycles. The fourth-order valence-corrected chi connectivity index (χ4v) is 3.23. The molecule has 0 aliphatic carbocycles. The third kappa shape index (κ3) is 7.21. The van der Waals surface area contributed by atoms with Crippen molar-refractivity contribution in [3.8, 4) is 5.75 Å². The molecule has 190 valence electrons. The van der Waals surface area contributed by atoms with E-state index in [2.05, 4.69) is 15.2 Å². The van der Waals surface area contributed by atoms with E-state index in [1.807, 2.05) is 27.7 Å². The number of hydrogen-bond donors (Lipinski definition) is 1. The number of ether oxygens (including phenoxy) is 2. The minimum atomic E-state index is -3.58. The molecule has 0 saturated carbocycles. The Morgan fingerprint density at radius 3 is 2.31 bits per heavy atom. The predicted octanol–water partition coefficient (Wildman–Crippen LogP) is 5.03. The van der Waals surface area contributed by atoms with E-state index in [1.54, 1.807) is 31.2 Å². The van der Waals surface area contributed by atoms with Crippen molar-refractivity contribution in [3.63, 3.8) is 0 Å². The van der Waals surface area contributed by atoms with Crippen molar-refractivity contribution in [1.82, 2.24) is 10.3 Å². The lowest BCUT2D eigenvalue weighted by Crippen LogP contribution is -2.41. The maximum absolute atomic E-state index is 13.4. The number of amidine groups is 1. The zero-order valence-corrected chi connectivity index (χ0v) is 21.0. The van der Waals surface area contributed by atoms with Gasteiger partial charge in [0.05, 0.1) is 12.8 Å². The van der Waals surface area contributed by atoms with Gasteiger partial charge in [0.2, 0.25) is 0 Å². The lowest BCUT2D eigenvalue weighted by Gasteiger charge is -2.20. The minimum absolute atomic E-state index is 0.0550. The van der Waals surface area contributed by atoms with Gasteiger partial charge in [-0.25, -0.2) is 4.79 Å². The van der Waals surface area contributed by atoms with E-state index in [9.17, 15) is 18.4 Å². The highest BCUT2D eigenvalue weighted by Crippen LogP contribution is 2.34. The molecule has 1 heterocycles. The standard InChI is InChI=1S/C25H31F2N3O5/c1-8-34-30-22(29-23(31)25(6,26)27)18-11-9-17(10-12-18)13-19-20(14(2)3)28-16(5)15(4)21(19)35-24(32)33-7/h9-12,14H,8,13H2,1-7H3,(H,29,30,31). The zero-order valence-electron chi connectivity index (χ0n) is 21.0. The number of alkyl halides is 2. The number of benzene rings is 1. The molecule has 2 aromatic rings. The van der Waals surface area contributed by atoms with Gasteiger partial charge in [-0.15, -0.1) is 0 Å². The molecule has 1 N–H and O–H groups in total. The largest absolute Gasteiger partial charge is 0.513 e. The summed E-state index contributed by atoms with van der Waals surface area (Å²) in [6.07, 6.45) is -0.448. The molecular weight excluding hydrogens is 460 g/mol. The third-order valence-electron chi connectivity index (χ3n) is 5.18. The summed E-state index contributed by atoms with van der Waals surface area (Å²) >= 11 is 0. The summed E-state index contributed by atoms with van der Waals surface area (Å²) in [6, 6.07) is 6.78. The fraction of sp³-hybridized carbons (Fsp3) is 0.440. The van der Waals surface area contributed by atoms with Crippen LogP contribution in [0, 0.1) is 13.8 Å². The summed E-state index contributed by atoms with van der Waals surface area (Å²) in [4.78, 5) is 33.4. The summed E-state index contributed by atoms with van der Waals surface area (Å²) in [7, 11) is 1.24. The third-order valence-corrected chi connectivity index (χ3v) is 5.18. The van der Waals surface area contributed by atoms with Crippen LogP contribution in [0.25, 0.3) is 0 Å². The predicted molar refractivity (Wildman–Crippen MR) is 127 cm³/mol. The highest BCUT2D eigenvalue weighted by molar-refractivity contribution is 6.09. The molecule has 35 heavy (non-hydrogen) atoms. The molecule has 1 aromatic heterocycles. The quantitative estimate of drug-likeness (QED) is 0.241. The molecular formula is C25H31F2N3O5. The lowest BCUT2D eigenvalue weighted by atomic mass is 9.94. The van der Waals surface area contributed by atoms with Crippen LogP contribution in [0.2, 0.25) is 0 Å². The first-order valence-corrected chi connectivity index (χ1v) is 11.1. The van der Waals surface area contributed by atoms with Crippen LogP contribution in [-0.4, -0.2) is 42.5 Å². The maximum atomic E-state index is 13.4. The first-order chi connectivity index (χ1) is 16.4. The molecule has 0 aliphatic rings. The monoisotopic (exact) mass is 491 g/mol. The summed E-state index contributed by atoms with van der Waals surface area (Å²) in [6.45, 7) is 10.0. The first kappa shape index (κ1) is 27.7. The number of aromatic nitrogens is 1. The number of amides is 1. The molecule has 0 unspecified atom stereocenters. The number of nitrogens with zero attached hydrogens (tertiary/aromatic N) is 2. The molecule has 0 radical (unpaired) electrons. The zero-order chi connectivity index (χ0) is 26.3. The fourth-order valence-electron chi connectivity index (χ4n) is 3.23. The van der Waals surface area contributed by atoms with E-state index in [-0.39, 0.29) is 18.4 Å². The maximum Gasteiger partial charge on any atom is 0.513 e. The van der Waals surface area contributed by atoms with Crippen molar-refractivity contribution >= 4 is 17.9 Å². The molecule has 0 saturated heterocycles. The van der Waals surface area contributed by atoms with Crippen LogP contribution in [0.5, 0.6) is 5.75 Å². The van der Waals surface area contributed by atoms with Gasteiger partial charge in [0.25, 0.3) is 5.91 Å². The van der Waals surface area contributed by atoms with Crippen molar-refractivity contribution in [2.24, 2.45) is 5.16 Å². The van der Waals surface area contributed by atoms with Gasteiger partial charge in [-0.05, 0) is 32.3 Å². The second-order valence-electron chi connectivity index (χ2n) is 8.30. The Morgan fingerprint density at radius 1 is 1.17 bits per heavy atom. The van der Waals surface area contributed by atoms with Gasteiger partial charge in [0, 0.05) is 35.7 Å². The molecule has 0 bridgehead atoms. The number of methoxy groups -OCH3 is 1. The topological polar surface area (TPSA) is 99.1 Å². The molecule has 1 aromatic carbocycles. The van der Waals surface area contributed by atoms with Crippen LogP contribution in [0.4, 0.5) is 13.6 Å². The van der Waals surface area contributed by atoms with Crippen LogP contribution in [0.1, 0.15) is 67.3 Å². The van der Waals surface area contributed by atoms with E-state index in [0.717, 1.165) is 28.1 Å². The molecule has 0 atom stereocenters. The Labute approximate surface area is 203 Å². The van der Waals surface area contributed by atoms with E-state index < -0.39 is 18.0 Å². The SMILES string of the molecule is CCO/N=C(/NC(=O)C(C)(F)F)c1ccc(Cc2c(C(C)C)nc(C)c(C)c2OC(=O)OC)cc1. The minimum Gasteiger partial charge on any atom is -0.437 e. The number of rotatable bonds is 8. The van der Waals surface area contributed by atoms with Gasteiger partial charge in [0.15, 0.2) is 5.84 Å². The number of carbonyl (C=O) groups is 2. The van der Waals surface area contributed by atoms with Gasteiger partial charge in [-0.1, -0.05) is 43.3 Å². The Hall–Kier alpha value is -3.56. The molecule has 1 amide bonds. The number of hydrogen-bond acceptors (Lipinski definition) is 7. The van der Waals surface area contributed by atoms with Crippen molar-refractivity contribution in [2.45, 2.75) is 59.8 Å². The van der Waals surface area contributed by atoms with Gasteiger partial charge in [-0.3, -0.25) is 9.78 Å². The van der Waals surface area contributed by atoms with E-state index in [4.69, 9.17) is 14.6 Å². The average Bonchev–Trinajstić information content (AvgIpc) is 2.80. The normalized spacial score (nSPS) is 11.9. The molecule has 0 fully saturated rings. The van der Waals surface area contributed by atoms with Crippen LogP contribution >= 0.6 is 0 Å². The first-order valence-electron chi connectivity index (χ1n) is 11.1. The second kappa shape index (κ2) is 11.7. The van der Waals surface area contributed by atoms with Gasteiger partial charge in [0.1, 0.15) is 12.4 Å². The Balaban J connectivity index is 2.45. The number of oxime groups is 1. The number of aryl methyl sites for hydroxylation is 1. The summed E-state index contributed by atoms with van der Waals surface area (Å²) < 4.78 is 36.9. The van der Waals surface area contributed by atoms with Crippen LogP contribution in [0.3, 0.4) is 0 Å². The van der Waals surface area contributed by atoms with Crippen LogP contribution in [-0.2, 0) is 20.8 Å². The van der Waals surface area contributed by atoms with Crippen molar-refractivity contribution in [3.05, 3.63) is 57.9 Å². The van der Waals surface area contributed by atoms with E-state index in [0.29, 0.717) is 24.7 Å². The molecule has 2 rings (SSSR count). The van der Waals surface area contributed by atoms with Crippen molar-refractivity contribution < 1.29 is 32.7 Å². The summed E-state index contributed by atoms with van der Waals surface area (Å²) in [5.74, 6) is -4.75. The smallest absolute Gasteiger partial charge is 0.437 e. The Morgan fingerprint density at radius 2 is 1.80 bits per heavy atom. The summed E-state index contributed by atoms with van der Waals surface area (Å²) in [5.41, 5.74) is 4.20. The van der Waals surface area contributed by atoms with Crippen molar-refractivity contribution in [2.75, 3.05) is 13.7 Å². The number of carbonyl (C=O) groups excluding carboxylic acids is 2. The number of halogens is 2. The lowest BCUT2D eigenvalue weighted by molar-refractivity contribution is -0.141. The van der Waals surface area contributed by atoms with Gasteiger partial charge >= 0.3 is 12.1 Å². The second-order valence-corrected chi connectivity index (χ2v) is 8.30. The van der Waals surface area contributed by atoms with Crippen LogP contribution < -0.4 is 10.1 Å². The molecule has 8 nitrogen and oxygen atoms in total. The molecule has 10 heteroatoms. The van der Waals surface area contributed by atoms with E-state index in [1.165, 1.54) is 7.11 Å². The number of nitrogens with one attached hydrogen (secondary N) is 1.